The number of hydrogen-bond donors (Lipinski definition) is 1. The summed E-state index contributed by atoms with van der Waals surface area (Å²) in [5, 5.41) is 1.10. The number of aromatic amines is 1. The van der Waals surface area contributed by atoms with E-state index < -0.39 is 0 Å². The molecule has 3 nitrogen and oxygen atoms in total. The van der Waals surface area contributed by atoms with E-state index in [0.29, 0.717) is 5.69 Å². The first kappa shape index (κ1) is 12.3. The zero-order chi connectivity index (χ0) is 13.4. The Kier molecular flexibility index (Phi) is 3.05. The molecule has 1 fully saturated rings. The van der Waals surface area contributed by atoms with Crippen LogP contribution in [-0.4, -0.2) is 28.4 Å². The second-order valence-electron chi connectivity index (χ2n) is 5.76. The molecule has 0 bridgehead atoms. The van der Waals surface area contributed by atoms with Gasteiger partial charge in [0.1, 0.15) is 5.69 Å². The summed E-state index contributed by atoms with van der Waals surface area (Å²) in [5.74, 6) is 0.842. The predicted molar refractivity (Wildman–Crippen MR) is 77.2 cm³/mol. The molecule has 0 aliphatic heterocycles. The summed E-state index contributed by atoms with van der Waals surface area (Å²) < 4.78 is 0. The van der Waals surface area contributed by atoms with Crippen LogP contribution in [-0.2, 0) is 0 Å². The number of nitrogens with one attached hydrogen (secondary N) is 1. The Morgan fingerprint density at radius 3 is 2.74 bits per heavy atom. The molecule has 1 aromatic heterocycles. The van der Waals surface area contributed by atoms with Gasteiger partial charge in [-0.3, -0.25) is 4.79 Å². The summed E-state index contributed by atoms with van der Waals surface area (Å²) in [7, 11) is 0. The van der Waals surface area contributed by atoms with Gasteiger partial charge in [0.25, 0.3) is 5.91 Å². The van der Waals surface area contributed by atoms with E-state index >= 15 is 0 Å². The van der Waals surface area contributed by atoms with Crippen molar-refractivity contribution in [3.05, 3.63) is 36.0 Å². The van der Waals surface area contributed by atoms with Crippen LogP contribution in [0.25, 0.3) is 10.9 Å². The monoisotopic (exact) mass is 256 g/mol. The molecule has 0 spiro atoms. The number of hydrogen-bond acceptors (Lipinski definition) is 1. The highest BCUT2D eigenvalue weighted by Crippen LogP contribution is 2.31. The third-order valence-electron chi connectivity index (χ3n) is 3.80. The minimum Gasteiger partial charge on any atom is -0.351 e. The van der Waals surface area contributed by atoms with Crippen LogP contribution in [0.5, 0.6) is 0 Å². The summed E-state index contributed by atoms with van der Waals surface area (Å²) in [6.45, 7) is 5.07. The highest BCUT2D eigenvalue weighted by Gasteiger charge is 2.29. The fourth-order valence-corrected chi connectivity index (χ4v) is 2.45. The van der Waals surface area contributed by atoms with Crippen molar-refractivity contribution in [2.75, 3.05) is 6.54 Å². The second-order valence-corrected chi connectivity index (χ2v) is 5.76. The van der Waals surface area contributed by atoms with Crippen molar-refractivity contribution in [3.63, 3.8) is 0 Å². The number of fused-ring (bicyclic) bond motifs is 1. The van der Waals surface area contributed by atoms with Gasteiger partial charge in [-0.15, -0.1) is 0 Å². The first-order valence-corrected chi connectivity index (χ1v) is 7.04. The van der Waals surface area contributed by atoms with Gasteiger partial charge in [0.05, 0.1) is 0 Å². The maximum atomic E-state index is 12.6. The van der Waals surface area contributed by atoms with Crippen LogP contribution in [0, 0.1) is 5.92 Å². The van der Waals surface area contributed by atoms with Crippen LogP contribution >= 0.6 is 0 Å². The molecule has 0 atom stereocenters. The Bertz CT molecular complexity index is 563. The molecule has 19 heavy (non-hydrogen) atoms. The van der Waals surface area contributed by atoms with Gasteiger partial charge in [-0.05, 0) is 44.7 Å². The molecule has 1 amide bonds. The van der Waals surface area contributed by atoms with Crippen LogP contribution in [0.4, 0.5) is 0 Å². The normalized spacial score (nSPS) is 15.1. The number of rotatable bonds is 4. The summed E-state index contributed by atoms with van der Waals surface area (Å²) in [5.41, 5.74) is 1.73. The average molecular weight is 256 g/mol. The Balaban J connectivity index is 1.87. The molecule has 0 saturated heterocycles. The number of carbonyl (C=O) groups excluding carboxylic acids is 1. The highest BCUT2D eigenvalue weighted by atomic mass is 16.2. The number of H-pyrrole nitrogens is 1. The van der Waals surface area contributed by atoms with E-state index in [2.05, 4.69) is 18.8 Å². The zero-order valence-corrected chi connectivity index (χ0v) is 11.5. The van der Waals surface area contributed by atoms with Crippen molar-refractivity contribution in [1.82, 2.24) is 9.88 Å². The summed E-state index contributed by atoms with van der Waals surface area (Å²) in [4.78, 5) is 17.8. The lowest BCUT2D eigenvalue weighted by Crippen LogP contribution is -2.38. The molecule has 1 aliphatic carbocycles. The molecule has 1 aromatic carbocycles. The topological polar surface area (TPSA) is 36.1 Å². The molecule has 1 N–H and O–H groups in total. The number of nitrogens with zero attached hydrogens (tertiary/aromatic N) is 1. The third kappa shape index (κ3) is 2.50. The summed E-state index contributed by atoms with van der Waals surface area (Å²) >= 11 is 0. The van der Waals surface area contributed by atoms with Gasteiger partial charge in [0.2, 0.25) is 0 Å². The molecule has 3 rings (SSSR count). The number of amides is 1. The van der Waals surface area contributed by atoms with E-state index in [9.17, 15) is 4.79 Å². The lowest BCUT2D eigenvalue weighted by atomic mass is 10.2. The van der Waals surface area contributed by atoms with Crippen LogP contribution in [0.2, 0.25) is 0 Å². The summed E-state index contributed by atoms with van der Waals surface area (Å²) in [6, 6.07) is 10.2. The third-order valence-corrected chi connectivity index (χ3v) is 3.80. The fourth-order valence-electron chi connectivity index (χ4n) is 2.45. The lowest BCUT2D eigenvalue weighted by molar-refractivity contribution is 0.0691. The van der Waals surface area contributed by atoms with Gasteiger partial charge in [0.15, 0.2) is 0 Å². The SMILES string of the molecule is CC(C)N(CC1CC1)C(=O)c1cc2ccccc2[nH]1. The van der Waals surface area contributed by atoms with Gasteiger partial charge in [-0.2, -0.15) is 0 Å². The van der Waals surface area contributed by atoms with Crippen molar-refractivity contribution < 1.29 is 4.79 Å². The zero-order valence-electron chi connectivity index (χ0n) is 11.5. The molecule has 3 heteroatoms. The first-order valence-electron chi connectivity index (χ1n) is 7.04. The summed E-state index contributed by atoms with van der Waals surface area (Å²) in [6.07, 6.45) is 2.53. The number of aromatic nitrogens is 1. The van der Waals surface area contributed by atoms with Gasteiger partial charge >= 0.3 is 0 Å². The minimum atomic E-state index is 0.123. The Morgan fingerprint density at radius 2 is 2.11 bits per heavy atom. The maximum absolute atomic E-state index is 12.6. The molecule has 1 heterocycles. The smallest absolute Gasteiger partial charge is 0.270 e. The first-order chi connectivity index (χ1) is 9.15. The predicted octanol–water partition coefficient (Wildman–Crippen LogP) is 3.43. The number of para-hydroxylation sites is 1. The van der Waals surface area contributed by atoms with E-state index in [4.69, 9.17) is 0 Å². The minimum absolute atomic E-state index is 0.123. The molecular weight excluding hydrogens is 236 g/mol. The Labute approximate surface area is 113 Å². The van der Waals surface area contributed by atoms with E-state index in [1.165, 1.54) is 12.8 Å². The molecule has 1 aliphatic rings. The molecule has 2 aromatic rings. The van der Waals surface area contributed by atoms with Gasteiger partial charge in [0, 0.05) is 23.5 Å². The van der Waals surface area contributed by atoms with Crippen LogP contribution in [0.15, 0.2) is 30.3 Å². The Hall–Kier alpha value is -1.77. The van der Waals surface area contributed by atoms with E-state index in [-0.39, 0.29) is 11.9 Å². The van der Waals surface area contributed by atoms with E-state index in [1.54, 1.807) is 0 Å². The molecule has 0 radical (unpaired) electrons. The maximum Gasteiger partial charge on any atom is 0.270 e. The highest BCUT2D eigenvalue weighted by molar-refractivity contribution is 5.98. The molecule has 1 saturated carbocycles. The van der Waals surface area contributed by atoms with Gasteiger partial charge < -0.3 is 9.88 Å². The largest absolute Gasteiger partial charge is 0.351 e. The quantitative estimate of drug-likeness (QED) is 0.894. The van der Waals surface area contributed by atoms with Gasteiger partial charge in [-0.1, -0.05) is 18.2 Å². The van der Waals surface area contributed by atoms with Gasteiger partial charge in [-0.25, -0.2) is 0 Å². The fraction of sp³-hybridized carbons (Fsp3) is 0.438. The average Bonchev–Trinajstić information content (AvgIpc) is 3.10. The van der Waals surface area contributed by atoms with Crippen molar-refractivity contribution >= 4 is 16.8 Å². The number of benzene rings is 1. The van der Waals surface area contributed by atoms with E-state index in [0.717, 1.165) is 23.4 Å². The van der Waals surface area contributed by atoms with Crippen LogP contribution in [0.3, 0.4) is 0 Å². The van der Waals surface area contributed by atoms with Crippen molar-refractivity contribution in [2.45, 2.75) is 32.7 Å². The van der Waals surface area contributed by atoms with Crippen molar-refractivity contribution in [2.24, 2.45) is 5.92 Å². The van der Waals surface area contributed by atoms with Crippen molar-refractivity contribution in [1.29, 1.82) is 0 Å². The van der Waals surface area contributed by atoms with Crippen molar-refractivity contribution in [3.8, 4) is 0 Å². The number of carbonyl (C=O) groups is 1. The van der Waals surface area contributed by atoms with E-state index in [1.807, 2.05) is 35.2 Å². The van der Waals surface area contributed by atoms with Crippen LogP contribution in [0.1, 0.15) is 37.2 Å². The van der Waals surface area contributed by atoms with Crippen LogP contribution < -0.4 is 0 Å². The molecule has 0 unspecified atom stereocenters. The second kappa shape index (κ2) is 4.72. The lowest BCUT2D eigenvalue weighted by Gasteiger charge is -2.26. The molecular formula is C16H20N2O. The Morgan fingerprint density at radius 1 is 1.37 bits per heavy atom. The standard InChI is InChI=1S/C16H20N2O/c1-11(2)18(10-12-7-8-12)16(19)15-9-13-5-3-4-6-14(13)17-15/h3-6,9,11-12,17H,7-8,10H2,1-2H3. The molecule has 100 valence electrons.